The number of carbonyl (C=O) groups is 6. The number of aliphatic hydroxyl groups is 1. The molecule has 2 aromatic heterocycles. The molecule has 0 saturated carbocycles. The molecule has 0 spiro atoms. The molecule has 8 N–H and O–H groups in total. The number of hydrogen-bond donors (Lipinski definition) is 8. The number of aromatic amines is 1. The third-order valence-corrected chi connectivity index (χ3v) is 9.37. The molecule has 0 bridgehead atoms. The lowest BCUT2D eigenvalue weighted by molar-refractivity contribution is -0.142. The number of fused-ring (bicyclic) bond motifs is 3. The maximum absolute atomic E-state index is 14.1. The number of hydrogen-bond acceptors (Lipinski definition) is 10. The van der Waals surface area contributed by atoms with Crippen LogP contribution in [0.25, 0.3) is 10.9 Å². The number of carboxylic acid groups (broad SMARTS) is 1. The van der Waals surface area contributed by atoms with Crippen molar-refractivity contribution in [2.75, 3.05) is 5.75 Å². The van der Waals surface area contributed by atoms with Crippen molar-refractivity contribution >= 4 is 58.2 Å². The fourth-order valence-corrected chi connectivity index (χ4v) is 6.70. The molecule has 1 aliphatic rings. The van der Waals surface area contributed by atoms with Crippen LogP contribution in [0.3, 0.4) is 0 Å². The molecule has 3 aromatic rings. The minimum absolute atomic E-state index is 0.0782. The van der Waals surface area contributed by atoms with E-state index in [1.54, 1.807) is 32.0 Å². The maximum Gasteiger partial charge on any atom is 0.327 e. The second kappa shape index (κ2) is 16.2. The summed E-state index contributed by atoms with van der Waals surface area (Å²) >= 11 is 1.06. The summed E-state index contributed by atoms with van der Waals surface area (Å²) in [6.07, 6.45) is -1.32. The van der Waals surface area contributed by atoms with Crippen molar-refractivity contribution in [2.45, 2.75) is 95.7 Å². The average molecular weight is 714 g/mol. The van der Waals surface area contributed by atoms with Crippen molar-refractivity contribution in [1.82, 2.24) is 36.7 Å². The third-order valence-electron chi connectivity index (χ3n) is 8.23. The Morgan fingerprint density at radius 3 is 2.32 bits per heavy atom. The smallest absolute Gasteiger partial charge is 0.327 e. The molecule has 50 heavy (non-hydrogen) atoms. The molecule has 5 amide bonds. The highest BCUT2D eigenvalue weighted by Crippen LogP contribution is 2.31. The average Bonchev–Trinajstić information content (AvgIpc) is 3.57. The number of thioether (sulfide) groups is 1. The van der Waals surface area contributed by atoms with Crippen LogP contribution in [0.1, 0.15) is 61.5 Å². The fraction of sp³-hybridized carbons (Fsp3) is 0.485. The van der Waals surface area contributed by atoms with Gasteiger partial charge >= 0.3 is 5.97 Å². The molecule has 17 heteroatoms. The van der Waals surface area contributed by atoms with E-state index >= 15 is 0 Å². The summed E-state index contributed by atoms with van der Waals surface area (Å²) in [5, 5.41) is 38.2. The molecule has 0 saturated heterocycles. The molecule has 3 heterocycles. The van der Waals surface area contributed by atoms with E-state index in [9.17, 15) is 39.0 Å². The van der Waals surface area contributed by atoms with Crippen LogP contribution in [0.2, 0.25) is 0 Å². The minimum Gasteiger partial charge on any atom is -0.480 e. The van der Waals surface area contributed by atoms with Gasteiger partial charge in [0.15, 0.2) is 0 Å². The number of aromatic nitrogens is 2. The van der Waals surface area contributed by atoms with E-state index in [2.05, 4.69) is 36.7 Å². The van der Waals surface area contributed by atoms with E-state index in [-0.39, 0.29) is 35.8 Å². The Balaban J connectivity index is 1.82. The Labute approximate surface area is 292 Å². The van der Waals surface area contributed by atoms with Crippen LogP contribution >= 0.6 is 11.8 Å². The van der Waals surface area contributed by atoms with Crippen LogP contribution in [-0.4, -0.2) is 97.9 Å². The second-order valence-corrected chi connectivity index (χ2v) is 13.8. The van der Waals surface area contributed by atoms with Gasteiger partial charge in [0.2, 0.25) is 23.6 Å². The number of para-hydroxylation sites is 1. The predicted molar refractivity (Wildman–Crippen MR) is 182 cm³/mol. The fourth-order valence-electron chi connectivity index (χ4n) is 5.59. The molecule has 4 rings (SSSR count). The van der Waals surface area contributed by atoms with Gasteiger partial charge in [0.25, 0.3) is 5.91 Å². The van der Waals surface area contributed by atoms with Gasteiger partial charge in [0.05, 0.1) is 16.8 Å². The Morgan fingerprint density at radius 2 is 1.70 bits per heavy atom. The summed E-state index contributed by atoms with van der Waals surface area (Å²) < 4.78 is 5.17. The lowest BCUT2D eigenvalue weighted by Crippen LogP contribution is -2.60. The summed E-state index contributed by atoms with van der Waals surface area (Å²) in [5.41, 5.74) is 1.71. The highest BCUT2D eigenvalue weighted by Gasteiger charge is 2.35. The van der Waals surface area contributed by atoms with E-state index in [1.165, 1.54) is 13.8 Å². The zero-order valence-corrected chi connectivity index (χ0v) is 29.4. The molecule has 270 valence electrons. The number of aliphatic hydroxyl groups excluding tert-OH is 1. The topological polar surface area (TPSA) is 245 Å². The van der Waals surface area contributed by atoms with Gasteiger partial charge in [-0.25, -0.2) is 4.79 Å². The first-order chi connectivity index (χ1) is 23.6. The molecule has 1 aliphatic heterocycles. The van der Waals surface area contributed by atoms with Gasteiger partial charge in [-0.05, 0) is 51.7 Å². The molecular formula is C33H43N7O9S. The molecule has 0 fully saturated rings. The summed E-state index contributed by atoms with van der Waals surface area (Å²) in [6, 6.07) is 0.592. The molecule has 6 atom stereocenters. The summed E-state index contributed by atoms with van der Waals surface area (Å²) in [7, 11) is 0. The van der Waals surface area contributed by atoms with Crippen molar-refractivity contribution in [3.63, 3.8) is 0 Å². The first kappa shape index (κ1) is 37.9. The monoisotopic (exact) mass is 713 g/mol. The van der Waals surface area contributed by atoms with Crippen molar-refractivity contribution in [3.8, 4) is 0 Å². The van der Waals surface area contributed by atoms with Gasteiger partial charge in [-0.15, -0.1) is 11.8 Å². The van der Waals surface area contributed by atoms with E-state index in [0.717, 1.165) is 11.8 Å². The number of aryl methyl sites for hydroxylation is 2. The van der Waals surface area contributed by atoms with Gasteiger partial charge in [-0.2, -0.15) is 0 Å². The largest absolute Gasteiger partial charge is 0.480 e. The Morgan fingerprint density at radius 1 is 1.00 bits per heavy atom. The van der Waals surface area contributed by atoms with E-state index in [4.69, 9.17) is 4.52 Å². The highest BCUT2D eigenvalue weighted by atomic mass is 32.2. The van der Waals surface area contributed by atoms with Crippen LogP contribution < -0.4 is 26.6 Å². The van der Waals surface area contributed by atoms with Crippen molar-refractivity contribution in [2.24, 2.45) is 5.92 Å². The number of carboxylic acids is 1. The number of nitrogens with one attached hydrogen (secondary N) is 6. The number of nitrogens with zero attached hydrogens (tertiary/aromatic N) is 1. The number of H-pyrrole nitrogens is 1. The van der Waals surface area contributed by atoms with Gasteiger partial charge in [0, 0.05) is 23.1 Å². The molecular weight excluding hydrogens is 670 g/mol. The normalized spacial score (nSPS) is 23.5. The standard InChI is InChI=1S/C33H43N7O9S/c1-14(2)11-22-28(43)34-16(4)27(42)39-26(17(5)41)31(46)37-24(33(47)48)13-50-32-20(19-9-7-8-10-21(19)38-32)12-23(29(44)35-22)36-30(45)25-15(3)40-49-18(25)6/h7-10,14,16-17,22-24,26,38,41H,11-13H2,1-6H3,(H,34,43)(H,35,44)(H,36,45)(H,37,46)(H,39,42)(H,47,48)/t16-,17-,22+,23+,24+,26+/m1/s1. The number of rotatable bonds is 6. The van der Waals surface area contributed by atoms with E-state index in [1.807, 2.05) is 19.9 Å². The molecule has 1 aromatic carbocycles. The van der Waals surface area contributed by atoms with Crippen LogP contribution in [0, 0.1) is 19.8 Å². The SMILES string of the molecule is Cc1noc(C)c1C(=O)N[C@H]1Cc2c([nH]c3ccccc23)SC[C@@H](C(=O)O)NC(=O)[C@H]([C@@H](C)O)NC(=O)[C@@H](C)NC(=O)[C@H](CC(C)C)NC1=O. The zero-order valence-electron chi connectivity index (χ0n) is 28.6. The number of benzene rings is 1. The van der Waals surface area contributed by atoms with Gasteiger partial charge in [-0.1, -0.05) is 37.2 Å². The lowest BCUT2D eigenvalue weighted by Gasteiger charge is -2.27. The van der Waals surface area contributed by atoms with Crippen molar-refractivity contribution in [3.05, 3.63) is 46.8 Å². The lowest BCUT2D eigenvalue weighted by atomic mass is 10.00. The first-order valence-electron chi connectivity index (χ1n) is 16.2. The predicted octanol–water partition coefficient (Wildman–Crippen LogP) is 0.690. The highest BCUT2D eigenvalue weighted by molar-refractivity contribution is 7.99. The molecule has 16 nitrogen and oxygen atoms in total. The molecule has 0 aliphatic carbocycles. The summed E-state index contributed by atoms with van der Waals surface area (Å²) in [5.74, 6) is -5.17. The number of aliphatic carboxylic acids is 1. The number of carbonyl (C=O) groups excluding carboxylic acids is 5. The van der Waals surface area contributed by atoms with Crippen LogP contribution in [0.4, 0.5) is 0 Å². The summed E-state index contributed by atoms with van der Waals surface area (Å²) in [6.45, 7) is 9.47. The van der Waals surface area contributed by atoms with Crippen molar-refractivity contribution in [1.29, 1.82) is 0 Å². The molecule has 0 radical (unpaired) electrons. The van der Waals surface area contributed by atoms with Crippen LogP contribution in [0.15, 0.2) is 33.8 Å². The minimum atomic E-state index is -1.54. The second-order valence-electron chi connectivity index (χ2n) is 12.8. The van der Waals surface area contributed by atoms with Crippen molar-refractivity contribution < 1.29 is 43.5 Å². The van der Waals surface area contributed by atoms with Gasteiger partial charge < -0.3 is 46.3 Å². The van der Waals surface area contributed by atoms with E-state index in [0.29, 0.717) is 27.2 Å². The first-order valence-corrected chi connectivity index (χ1v) is 17.1. The Bertz CT molecular complexity index is 1750. The van der Waals surface area contributed by atoms with Gasteiger partial charge in [0.1, 0.15) is 41.5 Å². The number of amides is 5. The maximum atomic E-state index is 14.1. The third kappa shape index (κ3) is 9.01. The summed E-state index contributed by atoms with van der Waals surface area (Å²) in [4.78, 5) is 83.1. The Hall–Kier alpha value is -4.90. The van der Waals surface area contributed by atoms with E-state index < -0.39 is 71.8 Å². The van der Waals surface area contributed by atoms with Gasteiger partial charge in [-0.3, -0.25) is 24.0 Å². The quantitative estimate of drug-likeness (QED) is 0.177. The molecule has 0 unspecified atom stereocenters. The Kier molecular flexibility index (Phi) is 12.3. The zero-order chi connectivity index (χ0) is 36.9. The van der Waals surface area contributed by atoms with Crippen LogP contribution in [-0.2, 0) is 30.4 Å². The van der Waals surface area contributed by atoms with Crippen LogP contribution in [0.5, 0.6) is 0 Å².